The third-order valence-corrected chi connectivity index (χ3v) is 10.5. The van der Waals surface area contributed by atoms with Crippen molar-refractivity contribution in [3.63, 3.8) is 0 Å². The number of hydrogen-bond donors (Lipinski definition) is 9. The first-order valence-electron chi connectivity index (χ1n) is 30.8. The summed E-state index contributed by atoms with van der Waals surface area (Å²) >= 11 is 0. The SMILES string of the molecule is CC(C)(C)OC(=O)NCCOCCN.CC/C=C\C/C=C\C/C=C\C/C=C\C/C=C\CCCC(=O)NCCOCCNC(=O)C/C=C/c1cccnc1.NCCOCCN.NCCOCCNC(=O)C/C=C/c1cccnc1.O=C(O)C/C=C/c1cccnc1. The molecule has 0 fully saturated rings. The molecule has 13 N–H and O–H groups in total. The van der Waals surface area contributed by atoms with E-state index >= 15 is 0 Å². The first kappa shape index (κ1) is 84.3. The number of aliphatic carboxylic acids is 1. The number of carboxylic acid groups (broad SMARTS) is 1. The molecule has 0 atom stereocenters. The van der Waals surface area contributed by atoms with E-state index in [9.17, 15) is 24.0 Å². The number of carbonyl (C=O) groups excluding carboxylic acids is 4. The van der Waals surface area contributed by atoms with Gasteiger partial charge in [-0.3, -0.25) is 34.1 Å². The van der Waals surface area contributed by atoms with Gasteiger partial charge in [-0.15, -0.1) is 0 Å². The van der Waals surface area contributed by atoms with Crippen LogP contribution in [0.5, 0.6) is 0 Å². The fourth-order valence-corrected chi connectivity index (χ4v) is 6.37. The molecule has 0 aliphatic heterocycles. The number of allylic oxidation sites excluding steroid dienone is 10. The summed E-state index contributed by atoms with van der Waals surface area (Å²) < 4.78 is 25.6. The minimum Gasteiger partial charge on any atom is -0.481 e. The quantitative estimate of drug-likeness (QED) is 0.0190. The molecule has 3 rings (SSSR count). The molecule has 0 spiro atoms. The Hall–Kier alpha value is -7.80. The fourth-order valence-electron chi connectivity index (χ4n) is 6.37. The average molecular weight is 1250 g/mol. The summed E-state index contributed by atoms with van der Waals surface area (Å²) in [5, 5.41) is 19.3. The molecule has 500 valence electrons. The number of pyridine rings is 3. The van der Waals surface area contributed by atoms with E-state index in [1.165, 1.54) is 0 Å². The van der Waals surface area contributed by atoms with Crippen LogP contribution in [0, 0.1) is 0 Å². The van der Waals surface area contributed by atoms with E-state index in [1.807, 2.05) is 75.4 Å². The predicted octanol–water partition coefficient (Wildman–Crippen LogP) is 8.21. The summed E-state index contributed by atoms with van der Waals surface area (Å²) in [4.78, 5) is 68.2. The number of amides is 4. The van der Waals surface area contributed by atoms with Crippen LogP contribution in [0.15, 0.2) is 153 Å². The highest BCUT2D eigenvalue weighted by atomic mass is 16.6. The van der Waals surface area contributed by atoms with Gasteiger partial charge >= 0.3 is 12.1 Å². The van der Waals surface area contributed by atoms with Crippen molar-refractivity contribution < 1.29 is 52.8 Å². The van der Waals surface area contributed by atoms with Gasteiger partial charge in [0.15, 0.2) is 0 Å². The van der Waals surface area contributed by atoms with Gasteiger partial charge in [-0.05, 0) is 101 Å². The Morgan fingerprint density at radius 3 is 1.17 bits per heavy atom. The van der Waals surface area contributed by atoms with Gasteiger partial charge in [-0.2, -0.15) is 0 Å². The summed E-state index contributed by atoms with van der Waals surface area (Å²) in [5.74, 6) is -0.860. The molecule has 90 heavy (non-hydrogen) atoms. The fraction of sp³-hybridized carbons (Fsp3) is 0.471. The molecule has 0 aliphatic rings. The summed E-state index contributed by atoms with van der Waals surface area (Å²) in [6.45, 7) is 15.7. The Bertz CT molecular complexity index is 2430. The molecule has 0 saturated heterocycles. The van der Waals surface area contributed by atoms with Gasteiger partial charge < -0.3 is 73.0 Å². The van der Waals surface area contributed by atoms with E-state index in [0.717, 1.165) is 61.6 Å². The van der Waals surface area contributed by atoms with Crippen LogP contribution in [-0.4, -0.2) is 161 Å². The maximum atomic E-state index is 11.9. The number of unbranched alkanes of at least 4 members (excludes halogenated alkanes) is 1. The molecule has 3 aromatic rings. The predicted molar refractivity (Wildman–Crippen MR) is 362 cm³/mol. The molecule has 22 heteroatoms. The van der Waals surface area contributed by atoms with Crippen LogP contribution in [0.1, 0.15) is 115 Å². The average Bonchev–Trinajstić information content (AvgIpc) is 3.66. The third-order valence-electron chi connectivity index (χ3n) is 10.5. The molecular formula is C68H107N11O11. The van der Waals surface area contributed by atoms with Crippen LogP contribution in [0.2, 0.25) is 0 Å². The van der Waals surface area contributed by atoms with Gasteiger partial charge in [0.1, 0.15) is 5.60 Å². The molecule has 0 aliphatic carbocycles. The van der Waals surface area contributed by atoms with Gasteiger partial charge in [-0.25, -0.2) is 4.79 Å². The Morgan fingerprint density at radius 2 is 0.811 bits per heavy atom. The molecule has 22 nitrogen and oxygen atoms in total. The first-order valence-corrected chi connectivity index (χ1v) is 30.8. The Balaban J connectivity index is 0. The maximum Gasteiger partial charge on any atom is 0.407 e. The van der Waals surface area contributed by atoms with E-state index in [2.05, 4.69) is 104 Å². The molecule has 0 radical (unpaired) electrons. The number of carbonyl (C=O) groups is 5. The number of nitrogens with one attached hydrogen (secondary N) is 4. The van der Waals surface area contributed by atoms with Crippen molar-refractivity contribution in [1.82, 2.24) is 36.2 Å². The molecule has 4 amide bonds. The highest BCUT2D eigenvalue weighted by Gasteiger charge is 2.15. The smallest absolute Gasteiger partial charge is 0.407 e. The number of hydrogen-bond acceptors (Lipinski definition) is 17. The zero-order valence-electron chi connectivity index (χ0n) is 53.9. The second-order valence-electron chi connectivity index (χ2n) is 19.8. The van der Waals surface area contributed by atoms with Crippen molar-refractivity contribution in [2.75, 3.05) is 105 Å². The number of aromatic nitrogens is 3. The van der Waals surface area contributed by atoms with Gasteiger partial charge in [-0.1, -0.05) is 122 Å². The largest absolute Gasteiger partial charge is 0.481 e. The highest BCUT2D eigenvalue weighted by molar-refractivity contribution is 5.79. The van der Waals surface area contributed by atoms with E-state index in [1.54, 1.807) is 55.4 Å². The lowest BCUT2D eigenvalue weighted by Crippen LogP contribution is -2.34. The van der Waals surface area contributed by atoms with E-state index in [-0.39, 0.29) is 24.1 Å². The highest BCUT2D eigenvalue weighted by Crippen LogP contribution is 2.07. The number of alkyl carbamates (subject to hydrolysis) is 1. The number of nitrogens with two attached hydrogens (primary N) is 4. The van der Waals surface area contributed by atoms with Crippen LogP contribution in [-0.2, 0) is 42.9 Å². The minimum atomic E-state index is -0.824. The molecule has 3 heterocycles. The summed E-state index contributed by atoms with van der Waals surface area (Å²) in [6, 6.07) is 11.2. The summed E-state index contributed by atoms with van der Waals surface area (Å²) in [6.07, 6.45) is 50.3. The zero-order valence-corrected chi connectivity index (χ0v) is 53.9. The molecule has 3 aromatic heterocycles. The second kappa shape index (κ2) is 65.6. The summed E-state index contributed by atoms with van der Waals surface area (Å²) in [7, 11) is 0. The van der Waals surface area contributed by atoms with Gasteiger partial charge in [0.05, 0.1) is 59.3 Å². The van der Waals surface area contributed by atoms with Crippen molar-refractivity contribution in [1.29, 1.82) is 0 Å². The normalized spacial score (nSPS) is 11.3. The second-order valence-corrected chi connectivity index (χ2v) is 19.8. The van der Waals surface area contributed by atoms with Crippen LogP contribution in [0.3, 0.4) is 0 Å². The first-order chi connectivity index (χ1) is 43.7. The van der Waals surface area contributed by atoms with Crippen LogP contribution >= 0.6 is 0 Å². The van der Waals surface area contributed by atoms with E-state index in [0.29, 0.717) is 124 Å². The van der Waals surface area contributed by atoms with Gasteiger partial charge in [0.25, 0.3) is 0 Å². The van der Waals surface area contributed by atoms with Crippen molar-refractivity contribution >= 4 is 48.0 Å². The van der Waals surface area contributed by atoms with Crippen molar-refractivity contribution in [2.24, 2.45) is 22.9 Å². The minimum absolute atomic E-state index is 0.0218. The Labute approximate surface area is 536 Å². The lowest BCUT2D eigenvalue weighted by atomic mass is 10.2. The maximum absolute atomic E-state index is 11.9. The molecule has 0 unspecified atom stereocenters. The lowest BCUT2D eigenvalue weighted by Gasteiger charge is -2.19. The lowest BCUT2D eigenvalue weighted by molar-refractivity contribution is -0.136. The van der Waals surface area contributed by atoms with Crippen LogP contribution in [0.25, 0.3) is 18.2 Å². The van der Waals surface area contributed by atoms with E-state index in [4.69, 9.17) is 51.7 Å². The number of carboxylic acids is 1. The number of nitrogens with zero attached hydrogens (tertiary/aromatic N) is 3. The van der Waals surface area contributed by atoms with Crippen molar-refractivity contribution in [3.05, 3.63) is 169 Å². The molecule has 0 saturated carbocycles. The third kappa shape index (κ3) is 67.7. The van der Waals surface area contributed by atoms with Crippen LogP contribution in [0.4, 0.5) is 4.79 Å². The van der Waals surface area contributed by atoms with Crippen molar-refractivity contribution in [2.45, 2.75) is 104 Å². The zero-order chi connectivity index (χ0) is 66.5. The topological polar surface area (TPSA) is 343 Å². The standard InChI is InChI=1S/C33H47N3O3.C13H19N3O2.C9H20N2O3.C9H9NO2.C4H12N2O/c1-2-3-4-5-6-7-8-9-10-11-12-13-14-15-16-17-18-23-32(37)35-26-28-39-29-27-36-33(38)24-19-21-31-22-20-25-34-30-31;14-6-9-18-10-8-16-13(17)5-1-3-12-4-2-7-15-11-12;1-9(2,3)14-8(12)11-5-7-13-6-4-10;11-9(12)5-1-3-8-4-2-6-10-7-8;5-1-3-7-4-2-6/h3-4,6-7,9-10,12-13,15-16,19-22,25,30H,2,5,8,11,14,17-18,23-24,26-29H2,1H3,(H,35,37)(H,36,38);1-4,7,11H,5-6,8-10,14H2,(H,16,17);4-7,10H2,1-3H3,(H,11,12);1-4,6-7H,5H2,(H,11,12);1-6H2/b4-3-,7-6-,10-9-,13-12-,16-15-,21-19+;3-1+;;3-1+;. The Kier molecular flexibility index (Phi) is 61.5. The van der Waals surface area contributed by atoms with Crippen molar-refractivity contribution in [3.8, 4) is 0 Å². The monoisotopic (exact) mass is 1250 g/mol. The van der Waals surface area contributed by atoms with Crippen LogP contribution < -0.4 is 44.2 Å². The Morgan fingerprint density at radius 1 is 0.467 bits per heavy atom. The van der Waals surface area contributed by atoms with E-state index < -0.39 is 17.7 Å². The number of ether oxygens (including phenoxy) is 5. The molecular weight excluding hydrogens is 1150 g/mol. The molecule has 0 aromatic carbocycles. The van der Waals surface area contributed by atoms with Gasteiger partial charge in [0.2, 0.25) is 17.7 Å². The number of rotatable bonds is 42. The molecule has 0 bridgehead atoms. The van der Waals surface area contributed by atoms with Gasteiger partial charge in [0, 0.05) is 109 Å². The summed E-state index contributed by atoms with van der Waals surface area (Å²) in [5.41, 5.74) is 23.1.